The van der Waals surface area contributed by atoms with Crippen molar-refractivity contribution in [2.45, 2.75) is 25.7 Å². The molecule has 0 aromatic heterocycles. The second kappa shape index (κ2) is 7.01. The van der Waals surface area contributed by atoms with Gasteiger partial charge < -0.3 is 14.4 Å². The molecule has 2 saturated heterocycles. The zero-order valence-corrected chi connectivity index (χ0v) is 12.1. The van der Waals surface area contributed by atoms with E-state index in [1.54, 1.807) is 0 Å². The largest absolute Gasteiger partial charge is 0.358 e. The quantitative estimate of drug-likeness (QED) is 0.582. The number of hydrogen-bond donors (Lipinski definition) is 0. The summed E-state index contributed by atoms with van der Waals surface area (Å²) in [7, 11) is 0. The van der Waals surface area contributed by atoms with Crippen LogP contribution >= 0.6 is 0 Å². The monoisotopic (exact) mass is 326 g/mol. The first-order chi connectivity index (χ1) is 10.9. The smallest absolute Gasteiger partial charge is 0.358 e. The van der Waals surface area contributed by atoms with Gasteiger partial charge in [0.1, 0.15) is 13.2 Å². The Labute approximate surface area is 130 Å². The summed E-state index contributed by atoms with van der Waals surface area (Å²) in [5, 5.41) is 1.16. The summed E-state index contributed by atoms with van der Waals surface area (Å²) >= 11 is 0. The molecule has 2 heterocycles. The van der Waals surface area contributed by atoms with Crippen molar-refractivity contribution in [1.82, 2.24) is 10.1 Å². The first kappa shape index (κ1) is 16.6. The Morgan fingerprint density at radius 3 is 1.74 bits per heavy atom. The number of ether oxygens (including phenoxy) is 1. The van der Waals surface area contributed by atoms with Crippen LogP contribution in [0.3, 0.4) is 0 Å². The predicted octanol–water partition coefficient (Wildman–Crippen LogP) is -0.796. The molecule has 0 unspecified atom stereocenters. The van der Waals surface area contributed by atoms with Crippen LogP contribution < -0.4 is 0 Å². The van der Waals surface area contributed by atoms with E-state index in [0.717, 1.165) is 5.06 Å². The Morgan fingerprint density at radius 2 is 1.26 bits per heavy atom. The van der Waals surface area contributed by atoms with Gasteiger partial charge >= 0.3 is 11.9 Å². The Balaban J connectivity index is 1.68. The summed E-state index contributed by atoms with van der Waals surface area (Å²) in [6, 6.07) is 0. The van der Waals surface area contributed by atoms with Gasteiger partial charge in [-0.05, 0) is 6.42 Å². The number of carbonyl (C=O) groups excluding carboxylic acids is 5. The van der Waals surface area contributed by atoms with Crippen molar-refractivity contribution in [1.29, 1.82) is 0 Å². The second-order valence-electron chi connectivity index (χ2n) is 4.76. The normalized spacial score (nSPS) is 17.9. The number of hydrogen-bond acceptors (Lipinski definition) is 8. The van der Waals surface area contributed by atoms with Crippen LogP contribution in [0.5, 0.6) is 0 Å². The van der Waals surface area contributed by atoms with Crippen LogP contribution in [-0.2, 0) is 38.4 Å². The fourth-order valence-electron chi connectivity index (χ4n) is 1.88. The summed E-state index contributed by atoms with van der Waals surface area (Å²) in [5.74, 6) is -3.54. The average molecular weight is 326 g/mol. The molecular formula is C13H14N2O8. The molecule has 0 N–H and O–H groups in total. The zero-order chi connectivity index (χ0) is 17.0. The molecule has 2 aliphatic rings. The minimum Gasteiger partial charge on any atom is -0.358 e. The van der Waals surface area contributed by atoms with Crippen molar-refractivity contribution in [2.24, 2.45) is 0 Å². The highest BCUT2D eigenvalue weighted by molar-refractivity contribution is 6.01. The van der Waals surface area contributed by atoms with Crippen LogP contribution in [0.25, 0.3) is 0 Å². The zero-order valence-electron chi connectivity index (χ0n) is 12.1. The number of carbonyl (C=O) groups is 5. The molecule has 2 rings (SSSR count). The third-order valence-electron chi connectivity index (χ3n) is 2.97. The molecule has 3 amide bonds. The third-order valence-corrected chi connectivity index (χ3v) is 2.97. The SMILES string of the molecule is C=C1CCC(=O)N1OC(=O)COCC(=O)ON1C(=O)CCC1=O. The molecule has 0 aromatic rings. The summed E-state index contributed by atoms with van der Waals surface area (Å²) in [4.78, 5) is 65.9. The maximum Gasteiger partial charge on any atom is 0.358 e. The van der Waals surface area contributed by atoms with Crippen LogP contribution in [0.1, 0.15) is 25.7 Å². The van der Waals surface area contributed by atoms with Crippen molar-refractivity contribution >= 4 is 29.7 Å². The van der Waals surface area contributed by atoms with Crippen molar-refractivity contribution in [3.05, 3.63) is 12.3 Å². The lowest BCUT2D eigenvalue weighted by atomic mass is 10.3. The van der Waals surface area contributed by atoms with Crippen LogP contribution in [-0.4, -0.2) is 53.0 Å². The molecule has 0 bridgehead atoms. The van der Waals surface area contributed by atoms with Crippen molar-refractivity contribution in [3.63, 3.8) is 0 Å². The summed E-state index contributed by atoms with van der Waals surface area (Å²) in [6.45, 7) is 2.28. The van der Waals surface area contributed by atoms with Crippen LogP contribution in [0.2, 0.25) is 0 Å². The van der Waals surface area contributed by atoms with Gasteiger partial charge in [0.15, 0.2) is 0 Å². The Kier molecular flexibility index (Phi) is 5.06. The number of imide groups is 1. The number of rotatable bonds is 6. The van der Waals surface area contributed by atoms with Gasteiger partial charge in [-0.15, -0.1) is 10.1 Å². The predicted molar refractivity (Wildman–Crippen MR) is 69.3 cm³/mol. The first-order valence-corrected chi connectivity index (χ1v) is 6.74. The van der Waals surface area contributed by atoms with Gasteiger partial charge in [-0.2, -0.15) is 0 Å². The van der Waals surface area contributed by atoms with Crippen LogP contribution in [0.15, 0.2) is 12.3 Å². The Hall–Kier alpha value is -2.75. The topological polar surface area (TPSA) is 120 Å². The summed E-state index contributed by atoms with van der Waals surface area (Å²) in [6.07, 6.45) is 0.564. The highest BCUT2D eigenvalue weighted by Gasteiger charge is 2.33. The molecule has 0 saturated carbocycles. The first-order valence-electron chi connectivity index (χ1n) is 6.74. The van der Waals surface area contributed by atoms with E-state index in [-0.39, 0.29) is 19.3 Å². The minimum absolute atomic E-state index is 0.0208. The molecule has 2 aliphatic heterocycles. The highest BCUT2D eigenvalue weighted by Crippen LogP contribution is 2.20. The van der Waals surface area contributed by atoms with Crippen LogP contribution in [0, 0.1) is 0 Å². The maximum atomic E-state index is 11.5. The van der Waals surface area contributed by atoms with Gasteiger partial charge in [0.2, 0.25) is 0 Å². The van der Waals surface area contributed by atoms with Crippen molar-refractivity contribution in [3.8, 4) is 0 Å². The molecule has 10 nitrogen and oxygen atoms in total. The highest BCUT2D eigenvalue weighted by atomic mass is 16.7. The standard InChI is InChI=1S/C13H14N2O8/c1-8-2-3-9(16)14(8)22-12(19)6-21-7-13(20)23-15-10(17)4-5-11(15)18/h1-7H2. The van der Waals surface area contributed by atoms with E-state index in [2.05, 4.69) is 11.4 Å². The molecule has 0 spiro atoms. The van der Waals surface area contributed by atoms with Gasteiger partial charge in [-0.1, -0.05) is 6.58 Å². The summed E-state index contributed by atoms with van der Waals surface area (Å²) < 4.78 is 4.75. The van der Waals surface area contributed by atoms with Gasteiger partial charge in [0, 0.05) is 19.3 Å². The van der Waals surface area contributed by atoms with Gasteiger partial charge in [0.05, 0.1) is 5.70 Å². The lowest BCUT2D eigenvalue weighted by molar-refractivity contribution is -0.202. The van der Waals surface area contributed by atoms with Crippen molar-refractivity contribution in [2.75, 3.05) is 13.2 Å². The molecule has 0 radical (unpaired) electrons. The molecule has 0 atom stereocenters. The van der Waals surface area contributed by atoms with Crippen LogP contribution in [0.4, 0.5) is 0 Å². The maximum absolute atomic E-state index is 11.5. The van der Waals surface area contributed by atoms with E-state index in [1.807, 2.05) is 0 Å². The fourth-order valence-corrected chi connectivity index (χ4v) is 1.88. The van der Waals surface area contributed by atoms with Gasteiger partial charge in [-0.25, -0.2) is 9.59 Å². The van der Waals surface area contributed by atoms with E-state index in [4.69, 9.17) is 9.57 Å². The Bertz CT molecular complexity index is 503. The molecule has 23 heavy (non-hydrogen) atoms. The molecule has 0 aliphatic carbocycles. The number of amides is 3. The van der Waals surface area contributed by atoms with E-state index < -0.39 is 42.9 Å². The number of allylic oxidation sites excluding steroid dienone is 1. The molecule has 0 aromatic carbocycles. The van der Waals surface area contributed by atoms with Gasteiger partial charge in [-0.3, -0.25) is 14.4 Å². The number of hydroxylamine groups is 4. The minimum atomic E-state index is -1.01. The average Bonchev–Trinajstić information content (AvgIpc) is 2.97. The van der Waals surface area contributed by atoms with E-state index in [0.29, 0.717) is 17.2 Å². The fraction of sp³-hybridized carbons (Fsp3) is 0.462. The van der Waals surface area contributed by atoms with Gasteiger partial charge in [0.25, 0.3) is 17.7 Å². The molecular weight excluding hydrogens is 312 g/mol. The van der Waals surface area contributed by atoms with E-state index in [1.165, 1.54) is 0 Å². The lowest BCUT2D eigenvalue weighted by Crippen LogP contribution is -2.34. The molecule has 10 heteroatoms. The third kappa shape index (κ3) is 4.13. The Morgan fingerprint density at radius 1 is 0.826 bits per heavy atom. The lowest BCUT2D eigenvalue weighted by Gasteiger charge is -2.16. The second-order valence-corrected chi connectivity index (χ2v) is 4.76. The molecule has 124 valence electrons. The number of nitrogens with zero attached hydrogens (tertiary/aromatic N) is 2. The van der Waals surface area contributed by atoms with Crippen molar-refractivity contribution < 1.29 is 38.4 Å². The van der Waals surface area contributed by atoms with E-state index in [9.17, 15) is 24.0 Å². The van der Waals surface area contributed by atoms with E-state index >= 15 is 0 Å². The summed E-state index contributed by atoms with van der Waals surface area (Å²) in [5.41, 5.74) is 0.355. The molecule has 2 fully saturated rings.